The van der Waals surface area contributed by atoms with Crippen LogP contribution in [0.2, 0.25) is 0 Å². The number of aromatic nitrogens is 3. The smallest absolute Gasteiger partial charge is 0.0712 e. The molecule has 0 amide bonds. The topological polar surface area (TPSA) is 38.7 Å². The van der Waals surface area contributed by atoms with Crippen LogP contribution in [-0.4, -0.2) is 15.2 Å². The van der Waals surface area contributed by atoms with Crippen LogP contribution >= 0.6 is 0 Å². The van der Waals surface area contributed by atoms with Gasteiger partial charge in [0.05, 0.1) is 11.9 Å². The highest BCUT2D eigenvalue weighted by Crippen LogP contribution is 2.16. The number of pyridine rings is 1. The van der Waals surface area contributed by atoms with Gasteiger partial charge in [-0.05, 0) is 31.4 Å². The Kier molecular flexibility index (Phi) is 3.19. The van der Waals surface area contributed by atoms with Gasteiger partial charge in [-0.15, -0.1) is 0 Å². The van der Waals surface area contributed by atoms with Gasteiger partial charge in [-0.1, -0.05) is 30.3 Å². The summed E-state index contributed by atoms with van der Waals surface area (Å²) in [5, 5.41) is 10.7. The molecule has 3 heteroatoms. The highest BCUT2D eigenvalue weighted by molar-refractivity contribution is 5.83. The summed E-state index contributed by atoms with van der Waals surface area (Å²) in [6.45, 7) is 2.00. The van der Waals surface area contributed by atoms with Gasteiger partial charge in [-0.2, -0.15) is 10.2 Å². The summed E-state index contributed by atoms with van der Waals surface area (Å²) < 4.78 is 0. The second kappa shape index (κ2) is 5.14. The fourth-order valence-electron chi connectivity index (χ4n) is 2.18. The van der Waals surface area contributed by atoms with Gasteiger partial charge in [0.2, 0.25) is 0 Å². The van der Waals surface area contributed by atoms with E-state index in [4.69, 9.17) is 0 Å². The number of benzene rings is 1. The number of aryl methyl sites for hydroxylation is 3. The van der Waals surface area contributed by atoms with Crippen molar-refractivity contribution >= 4 is 10.8 Å². The van der Waals surface area contributed by atoms with Crippen LogP contribution in [0.25, 0.3) is 10.8 Å². The quantitative estimate of drug-likeness (QED) is 0.716. The number of hydrogen-bond acceptors (Lipinski definition) is 3. The molecule has 0 atom stereocenters. The predicted octanol–water partition coefficient (Wildman–Crippen LogP) is 3.12. The van der Waals surface area contributed by atoms with Crippen LogP contribution in [0.1, 0.15) is 17.0 Å². The first kappa shape index (κ1) is 11.8. The summed E-state index contributed by atoms with van der Waals surface area (Å²) in [7, 11) is 0. The van der Waals surface area contributed by atoms with Gasteiger partial charge in [-0.3, -0.25) is 4.98 Å². The van der Waals surface area contributed by atoms with Crippen molar-refractivity contribution < 1.29 is 0 Å². The van der Waals surface area contributed by atoms with Crippen LogP contribution in [0.5, 0.6) is 0 Å². The van der Waals surface area contributed by atoms with Crippen molar-refractivity contribution in [2.24, 2.45) is 0 Å². The van der Waals surface area contributed by atoms with Gasteiger partial charge < -0.3 is 0 Å². The van der Waals surface area contributed by atoms with Crippen LogP contribution in [0.3, 0.4) is 0 Å². The van der Waals surface area contributed by atoms with Crippen LogP contribution in [0, 0.1) is 6.92 Å². The van der Waals surface area contributed by atoms with Gasteiger partial charge in [0.25, 0.3) is 0 Å². The van der Waals surface area contributed by atoms with Crippen molar-refractivity contribution in [2.45, 2.75) is 19.8 Å². The molecule has 0 spiro atoms. The zero-order chi connectivity index (χ0) is 13.1. The second-order valence-electron chi connectivity index (χ2n) is 4.69. The Bertz CT molecular complexity index is 684. The van der Waals surface area contributed by atoms with Crippen LogP contribution in [0.4, 0.5) is 0 Å². The minimum Gasteiger partial charge on any atom is -0.261 e. The maximum atomic E-state index is 4.32. The van der Waals surface area contributed by atoms with Crippen molar-refractivity contribution in [1.82, 2.24) is 15.2 Å². The van der Waals surface area contributed by atoms with Crippen LogP contribution in [-0.2, 0) is 12.8 Å². The van der Waals surface area contributed by atoms with E-state index in [-0.39, 0.29) is 0 Å². The fraction of sp³-hybridized carbons (Fsp3) is 0.188. The van der Waals surface area contributed by atoms with E-state index >= 15 is 0 Å². The molecule has 0 aliphatic rings. The molecule has 0 saturated heterocycles. The summed E-state index contributed by atoms with van der Waals surface area (Å²) in [6, 6.07) is 12.4. The summed E-state index contributed by atoms with van der Waals surface area (Å²) in [5.41, 5.74) is 3.34. The largest absolute Gasteiger partial charge is 0.261 e. The van der Waals surface area contributed by atoms with Crippen molar-refractivity contribution in [3.63, 3.8) is 0 Å². The van der Waals surface area contributed by atoms with Gasteiger partial charge >= 0.3 is 0 Å². The first-order valence-corrected chi connectivity index (χ1v) is 6.44. The Morgan fingerprint density at radius 3 is 2.68 bits per heavy atom. The first-order valence-electron chi connectivity index (χ1n) is 6.44. The van der Waals surface area contributed by atoms with Crippen molar-refractivity contribution in [2.75, 3.05) is 0 Å². The van der Waals surface area contributed by atoms with E-state index in [2.05, 4.69) is 33.4 Å². The molecule has 3 rings (SSSR count). The lowest BCUT2D eigenvalue weighted by atomic mass is 10.1. The molecule has 3 nitrogen and oxygen atoms in total. The molecular weight excluding hydrogens is 234 g/mol. The van der Waals surface area contributed by atoms with Crippen molar-refractivity contribution in [1.29, 1.82) is 0 Å². The average molecular weight is 249 g/mol. The van der Waals surface area contributed by atoms with E-state index in [0.29, 0.717) is 0 Å². The Labute approximate surface area is 112 Å². The molecule has 19 heavy (non-hydrogen) atoms. The van der Waals surface area contributed by atoms with Gasteiger partial charge in [0, 0.05) is 22.7 Å². The number of rotatable bonds is 3. The monoisotopic (exact) mass is 249 g/mol. The molecule has 0 bridgehead atoms. The van der Waals surface area contributed by atoms with E-state index in [1.54, 1.807) is 0 Å². The van der Waals surface area contributed by atoms with Gasteiger partial charge in [0.15, 0.2) is 0 Å². The van der Waals surface area contributed by atoms with E-state index in [0.717, 1.165) is 29.6 Å². The highest BCUT2D eigenvalue weighted by atomic mass is 15.1. The van der Waals surface area contributed by atoms with E-state index in [1.807, 2.05) is 37.5 Å². The molecule has 1 aromatic carbocycles. The van der Waals surface area contributed by atoms with Crippen molar-refractivity contribution in [3.05, 3.63) is 65.7 Å². The zero-order valence-electron chi connectivity index (χ0n) is 10.9. The Morgan fingerprint density at radius 1 is 0.947 bits per heavy atom. The van der Waals surface area contributed by atoms with Gasteiger partial charge in [-0.25, -0.2) is 0 Å². The minimum atomic E-state index is 0.888. The fourth-order valence-corrected chi connectivity index (χ4v) is 2.18. The minimum absolute atomic E-state index is 0.888. The molecule has 0 aliphatic carbocycles. The molecule has 3 aromatic rings. The van der Waals surface area contributed by atoms with Gasteiger partial charge in [0.1, 0.15) is 0 Å². The van der Waals surface area contributed by atoms with Crippen LogP contribution < -0.4 is 0 Å². The SMILES string of the molecule is Cc1ccc(CCc2nncc3ccccc23)cn1. The molecule has 94 valence electrons. The second-order valence-corrected chi connectivity index (χ2v) is 4.69. The number of fused-ring (bicyclic) bond motifs is 1. The summed E-state index contributed by atoms with van der Waals surface area (Å²) in [4.78, 5) is 4.32. The lowest BCUT2D eigenvalue weighted by Crippen LogP contribution is -1.98. The third-order valence-corrected chi connectivity index (χ3v) is 3.27. The molecule has 2 aromatic heterocycles. The number of hydrogen-bond donors (Lipinski definition) is 0. The third kappa shape index (κ3) is 2.60. The first-order chi connectivity index (χ1) is 9.33. The Hall–Kier alpha value is -2.29. The molecule has 0 N–H and O–H groups in total. The normalized spacial score (nSPS) is 10.8. The molecule has 0 radical (unpaired) electrons. The predicted molar refractivity (Wildman–Crippen MR) is 75.9 cm³/mol. The third-order valence-electron chi connectivity index (χ3n) is 3.27. The molecule has 0 fully saturated rings. The maximum absolute atomic E-state index is 4.32. The molecule has 0 aliphatic heterocycles. The zero-order valence-corrected chi connectivity index (χ0v) is 10.9. The Balaban J connectivity index is 1.84. The van der Waals surface area contributed by atoms with E-state index in [9.17, 15) is 0 Å². The summed E-state index contributed by atoms with van der Waals surface area (Å²) >= 11 is 0. The van der Waals surface area contributed by atoms with E-state index < -0.39 is 0 Å². The lowest BCUT2D eigenvalue weighted by Gasteiger charge is -2.04. The number of nitrogens with zero attached hydrogens (tertiary/aromatic N) is 3. The van der Waals surface area contributed by atoms with Crippen molar-refractivity contribution in [3.8, 4) is 0 Å². The molecule has 0 saturated carbocycles. The maximum Gasteiger partial charge on any atom is 0.0712 e. The van der Waals surface area contributed by atoms with E-state index in [1.165, 1.54) is 10.9 Å². The summed E-state index contributed by atoms with van der Waals surface area (Å²) in [5.74, 6) is 0. The summed E-state index contributed by atoms with van der Waals surface area (Å²) in [6.07, 6.45) is 5.58. The molecule has 2 heterocycles. The van der Waals surface area contributed by atoms with Crippen LogP contribution in [0.15, 0.2) is 48.8 Å². The standard InChI is InChI=1S/C16H15N3/c1-12-6-7-13(10-17-12)8-9-16-15-5-3-2-4-14(15)11-18-19-16/h2-7,10-11H,8-9H2,1H3. The average Bonchev–Trinajstić information content (AvgIpc) is 2.47. The lowest BCUT2D eigenvalue weighted by molar-refractivity contribution is 0.869. The molecule has 0 unspecified atom stereocenters. The highest BCUT2D eigenvalue weighted by Gasteiger charge is 2.03. The Morgan fingerprint density at radius 2 is 1.84 bits per heavy atom. The molecular formula is C16H15N3.